The quantitative estimate of drug-likeness (QED) is 0.277. The zero-order valence-corrected chi connectivity index (χ0v) is 21.8. The standard InChI is InChI=1S/C27H25Cl2N3O5/c1-30-9-11-31(12-10-30)17-5-7-18(8-6-17)32-23(21-4-3-13-37-21)22(25(34)27(32)35)24(33)19-14-16(28)15-20(29)26(19)36-2/h3-8,13-15,23,33H,9-12H2,1-2H3/b24-22-. The lowest BCUT2D eigenvalue weighted by atomic mass is 9.98. The van der Waals surface area contributed by atoms with Gasteiger partial charge in [-0.3, -0.25) is 14.5 Å². The number of ketones is 1. The van der Waals surface area contributed by atoms with Crippen LogP contribution in [0.2, 0.25) is 10.0 Å². The minimum absolute atomic E-state index is 0.0972. The van der Waals surface area contributed by atoms with E-state index in [1.165, 1.54) is 30.4 Å². The second-order valence-corrected chi connectivity index (χ2v) is 9.80. The predicted molar refractivity (Wildman–Crippen MR) is 143 cm³/mol. The van der Waals surface area contributed by atoms with Crippen LogP contribution in [-0.4, -0.2) is 62.0 Å². The summed E-state index contributed by atoms with van der Waals surface area (Å²) in [6.45, 7) is 3.73. The smallest absolute Gasteiger partial charge is 0.300 e. The SMILES string of the molecule is COc1c(Cl)cc(Cl)cc1/C(O)=C1/C(=O)C(=O)N(c2ccc(N3CCN(C)CC3)cc2)C1c1ccco1. The number of halogens is 2. The van der Waals surface area contributed by atoms with Gasteiger partial charge in [-0.2, -0.15) is 0 Å². The molecule has 2 saturated heterocycles. The maximum absolute atomic E-state index is 13.4. The lowest BCUT2D eigenvalue weighted by molar-refractivity contribution is -0.132. The molecule has 0 bridgehead atoms. The van der Waals surface area contributed by atoms with E-state index >= 15 is 0 Å². The van der Waals surface area contributed by atoms with E-state index in [1.54, 1.807) is 24.3 Å². The first kappa shape index (κ1) is 25.2. The van der Waals surface area contributed by atoms with Gasteiger partial charge in [0.25, 0.3) is 11.7 Å². The van der Waals surface area contributed by atoms with Crippen molar-refractivity contribution in [1.82, 2.24) is 4.90 Å². The Hall–Kier alpha value is -3.46. The van der Waals surface area contributed by atoms with Crippen LogP contribution in [0.3, 0.4) is 0 Å². The van der Waals surface area contributed by atoms with Crippen molar-refractivity contribution >= 4 is 52.0 Å². The maximum Gasteiger partial charge on any atom is 0.300 e. The highest BCUT2D eigenvalue weighted by atomic mass is 35.5. The molecule has 1 amide bonds. The molecule has 10 heteroatoms. The Labute approximate surface area is 224 Å². The number of carbonyl (C=O) groups is 2. The third kappa shape index (κ3) is 4.56. The van der Waals surface area contributed by atoms with Gasteiger partial charge in [0.1, 0.15) is 23.3 Å². The summed E-state index contributed by atoms with van der Waals surface area (Å²) in [6, 6.07) is 12.6. The zero-order valence-electron chi connectivity index (χ0n) is 20.3. The number of methoxy groups -OCH3 is 1. The first-order valence-corrected chi connectivity index (χ1v) is 12.5. The number of Topliss-reactive ketones (excluding diaryl/α,β-unsaturated/α-hetero) is 1. The van der Waals surface area contributed by atoms with Gasteiger partial charge in [-0.25, -0.2) is 0 Å². The van der Waals surface area contributed by atoms with E-state index in [-0.39, 0.29) is 26.9 Å². The van der Waals surface area contributed by atoms with Crippen LogP contribution in [0.25, 0.3) is 5.76 Å². The number of anilines is 2. The topological polar surface area (TPSA) is 86.5 Å². The molecule has 0 radical (unpaired) electrons. The minimum atomic E-state index is -1.01. The fourth-order valence-corrected chi connectivity index (χ4v) is 5.36. The normalized spacial score (nSPS) is 20.1. The Morgan fingerprint density at radius 3 is 2.32 bits per heavy atom. The number of aliphatic hydroxyl groups excluding tert-OH is 1. The average Bonchev–Trinajstić information content (AvgIpc) is 3.51. The van der Waals surface area contributed by atoms with Gasteiger partial charge in [-0.15, -0.1) is 0 Å². The Morgan fingerprint density at radius 2 is 1.70 bits per heavy atom. The summed E-state index contributed by atoms with van der Waals surface area (Å²) in [5.41, 5.74) is 1.47. The van der Waals surface area contributed by atoms with Crippen LogP contribution >= 0.6 is 23.2 Å². The minimum Gasteiger partial charge on any atom is -0.507 e. The maximum atomic E-state index is 13.4. The van der Waals surface area contributed by atoms with Gasteiger partial charge < -0.3 is 24.1 Å². The number of hydrogen-bond donors (Lipinski definition) is 1. The monoisotopic (exact) mass is 541 g/mol. The van der Waals surface area contributed by atoms with Crippen molar-refractivity contribution in [3.8, 4) is 5.75 Å². The number of benzene rings is 2. The molecule has 192 valence electrons. The first-order valence-electron chi connectivity index (χ1n) is 11.7. The lowest BCUT2D eigenvalue weighted by Gasteiger charge is -2.34. The van der Waals surface area contributed by atoms with E-state index < -0.39 is 23.5 Å². The Bertz CT molecular complexity index is 1360. The fourth-order valence-electron chi connectivity index (χ4n) is 4.79. The van der Waals surface area contributed by atoms with E-state index in [4.69, 9.17) is 32.4 Å². The van der Waals surface area contributed by atoms with Crippen LogP contribution in [0.5, 0.6) is 5.75 Å². The van der Waals surface area contributed by atoms with Crippen molar-refractivity contribution in [3.63, 3.8) is 0 Å². The number of likely N-dealkylation sites (N-methyl/N-ethyl adjacent to an activating group) is 1. The van der Waals surface area contributed by atoms with Crippen molar-refractivity contribution in [1.29, 1.82) is 0 Å². The Balaban J connectivity index is 1.59. The summed E-state index contributed by atoms with van der Waals surface area (Å²) in [7, 11) is 3.48. The van der Waals surface area contributed by atoms with Gasteiger partial charge in [0.05, 0.1) is 29.5 Å². The van der Waals surface area contributed by atoms with Gasteiger partial charge in [-0.05, 0) is 55.6 Å². The molecule has 3 heterocycles. The highest BCUT2D eigenvalue weighted by molar-refractivity contribution is 6.51. The Morgan fingerprint density at radius 1 is 1.03 bits per heavy atom. The van der Waals surface area contributed by atoms with Gasteiger partial charge in [0, 0.05) is 42.6 Å². The molecule has 2 aliphatic rings. The van der Waals surface area contributed by atoms with Crippen LogP contribution in [0, 0.1) is 0 Å². The molecular weight excluding hydrogens is 517 g/mol. The summed E-state index contributed by atoms with van der Waals surface area (Å²) in [4.78, 5) is 32.6. The molecule has 1 unspecified atom stereocenters. The van der Waals surface area contributed by atoms with Gasteiger partial charge in [0.15, 0.2) is 0 Å². The van der Waals surface area contributed by atoms with Crippen molar-refractivity contribution in [3.05, 3.63) is 81.7 Å². The zero-order chi connectivity index (χ0) is 26.3. The number of hydrogen-bond acceptors (Lipinski definition) is 7. The number of furan rings is 1. The van der Waals surface area contributed by atoms with Gasteiger partial charge >= 0.3 is 0 Å². The lowest BCUT2D eigenvalue weighted by Crippen LogP contribution is -2.44. The molecule has 0 aliphatic carbocycles. The van der Waals surface area contributed by atoms with E-state index in [2.05, 4.69) is 16.8 Å². The van der Waals surface area contributed by atoms with E-state index in [0.717, 1.165) is 31.9 Å². The van der Waals surface area contributed by atoms with Gasteiger partial charge in [-0.1, -0.05) is 23.2 Å². The van der Waals surface area contributed by atoms with Crippen LogP contribution in [0.4, 0.5) is 11.4 Å². The summed E-state index contributed by atoms with van der Waals surface area (Å²) in [5, 5.41) is 11.8. The van der Waals surface area contributed by atoms with Crippen molar-refractivity contribution in [2.24, 2.45) is 0 Å². The molecule has 3 aromatic rings. The fraction of sp³-hybridized carbons (Fsp3) is 0.259. The van der Waals surface area contributed by atoms with Crippen molar-refractivity contribution in [2.75, 3.05) is 50.1 Å². The van der Waals surface area contributed by atoms with Crippen molar-refractivity contribution in [2.45, 2.75) is 6.04 Å². The second-order valence-electron chi connectivity index (χ2n) is 8.96. The van der Waals surface area contributed by atoms with Crippen LogP contribution < -0.4 is 14.5 Å². The van der Waals surface area contributed by atoms with Crippen LogP contribution in [-0.2, 0) is 9.59 Å². The number of piperazine rings is 1. The van der Waals surface area contributed by atoms with E-state index in [1.807, 2.05) is 12.1 Å². The molecule has 0 saturated carbocycles. The molecule has 1 aromatic heterocycles. The Kier molecular flexibility index (Phi) is 6.90. The number of nitrogens with zero attached hydrogens (tertiary/aromatic N) is 3. The predicted octanol–water partition coefficient (Wildman–Crippen LogP) is 4.97. The highest BCUT2D eigenvalue weighted by Gasteiger charge is 2.48. The molecule has 8 nitrogen and oxygen atoms in total. The number of aliphatic hydroxyl groups is 1. The third-order valence-corrected chi connectivity index (χ3v) is 7.22. The highest BCUT2D eigenvalue weighted by Crippen LogP contribution is 2.45. The molecule has 2 fully saturated rings. The van der Waals surface area contributed by atoms with Crippen LogP contribution in [0.15, 0.2) is 64.8 Å². The summed E-state index contributed by atoms with van der Waals surface area (Å²) in [5.74, 6) is -1.67. The molecule has 1 atom stereocenters. The summed E-state index contributed by atoms with van der Waals surface area (Å²) >= 11 is 12.4. The third-order valence-electron chi connectivity index (χ3n) is 6.72. The number of amides is 1. The molecule has 1 N–H and O–H groups in total. The molecule has 2 aliphatic heterocycles. The first-order chi connectivity index (χ1) is 17.8. The average molecular weight is 542 g/mol. The molecule has 0 spiro atoms. The molecule has 5 rings (SSSR count). The largest absolute Gasteiger partial charge is 0.507 e. The number of ether oxygens (including phenoxy) is 1. The number of carbonyl (C=O) groups excluding carboxylic acids is 2. The molecule has 37 heavy (non-hydrogen) atoms. The van der Waals surface area contributed by atoms with E-state index in [9.17, 15) is 14.7 Å². The molecular formula is C27H25Cl2N3O5. The number of rotatable bonds is 5. The van der Waals surface area contributed by atoms with E-state index in [0.29, 0.717) is 11.4 Å². The van der Waals surface area contributed by atoms with Gasteiger partial charge in [0.2, 0.25) is 0 Å². The summed E-state index contributed by atoms with van der Waals surface area (Å²) < 4.78 is 11.0. The van der Waals surface area contributed by atoms with Crippen LogP contribution in [0.1, 0.15) is 17.4 Å². The second kappa shape index (κ2) is 10.1. The molecule has 2 aromatic carbocycles. The van der Waals surface area contributed by atoms with Crippen molar-refractivity contribution < 1.29 is 23.8 Å². The summed E-state index contributed by atoms with van der Waals surface area (Å²) in [6.07, 6.45) is 1.45.